The van der Waals surface area contributed by atoms with Crippen molar-refractivity contribution in [1.82, 2.24) is 0 Å². The van der Waals surface area contributed by atoms with Gasteiger partial charge in [0.05, 0.1) is 22.8 Å². The molecule has 4 rings (SSSR count). The third-order valence-corrected chi connectivity index (χ3v) is 6.85. The lowest BCUT2D eigenvalue weighted by Gasteiger charge is -2.15. The molecule has 6 nitrogen and oxygen atoms in total. The van der Waals surface area contributed by atoms with Crippen molar-refractivity contribution in [2.24, 2.45) is 0 Å². The van der Waals surface area contributed by atoms with E-state index in [9.17, 15) is 14.7 Å². The molecule has 0 aromatic heterocycles. The van der Waals surface area contributed by atoms with Crippen molar-refractivity contribution in [2.45, 2.75) is 13.5 Å². The monoisotopic (exact) mass is 569 g/mol. The molecular formula is C26H20BrNO5S2. The van der Waals surface area contributed by atoms with E-state index in [1.54, 1.807) is 18.2 Å². The van der Waals surface area contributed by atoms with Crippen LogP contribution in [0, 0.1) is 0 Å². The third kappa shape index (κ3) is 5.93. The Morgan fingerprint density at radius 3 is 2.57 bits per heavy atom. The van der Waals surface area contributed by atoms with Gasteiger partial charge in [-0.25, -0.2) is 4.79 Å². The van der Waals surface area contributed by atoms with Crippen LogP contribution in [-0.2, 0) is 11.4 Å². The van der Waals surface area contributed by atoms with Gasteiger partial charge < -0.3 is 14.6 Å². The first-order valence-electron chi connectivity index (χ1n) is 10.6. The zero-order chi connectivity index (χ0) is 24.9. The van der Waals surface area contributed by atoms with Gasteiger partial charge in [-0.3, -0.25) is 9.69 Å². The van der Waals surface area contributed by atoms with E-state index in [2.05, 4.69) is 15.9 Å². The normalized spacial score (nSPS) is 14.5. The number of anilines is 1. The van der Waals surface area contributed by atoms with E-state index < -0.39 is 5.97 Å². The van der Waals surface area contributed by atoms with Gasteiger partial charge in [-0.2, -0.15) is 0 Å². The molecule has 178 valence electrons. The molecule has 0 atom stereocenters. The fraction of sp³-hybridized carbons (Fsp3) is 0.115. The Hall–Kier alpha value is -3.14. The molecule has 0 aliphatic carbocycles. The first-order valence-corrected chi connectivity index (χ1v) is 12.6. The Morgan fingerprint density at radius 2 is 1.86 bits per heavy atom. The number of ether oxygens (including phenoxy) is 2. The standard InChI is InChI=1S/C26H20BrNO5S2/c1-2-32-22-12-17(8-11-21(22)33-15-16-6-9-19(27)10-7-16)13-23-24(29)28(26(34)35-23)20-5-3-4-18(14-20)25(30)31/h3-14H,2,15H2,1H3,(H,30,31)/b23-13+. The Balaban J connectivity index is 1.55. The maximum absolute atomic E-state index is 13.1. The number of aromatic carboxylic acids is 1. The van der Waals surface area contributed by atoms with Crippen molar-refractivity contribution in [1.29, 1.82) is 0 Å². The average Bonchev–Trinajstić information content (AvgIpc) is 3.12. The summed E-state index contributed by atoms with van der Waals surface area (Å²) < 4.78 is 13.1. The van der Waals surface area contributed by atoms with E-state index in [-0.39, 0.29) is 11.5 Å². The molecule has 3 aromatic carbocycles. The van der Waals surface area contributed by atoms with Crippen LogP contribution in [0.2, 0.25) is 0 Å². The number of carbonyl (C=O) groups is 2. The van der Waals surface area contributed by atoms with Gasteiger partial charge in [-0.15, -0.1) is 0 Å². The molecule has 1 amide bonds. The van der Waals surface area contributed by atoms with Gasteiger partial charge in [-0.1, -0.05) is 64.2 Å². The molecule has 0 unspecified atom stereocenters. The predicted octanol–water partition coefficient (Wildman–Crippen LogP) is 6.53. The van der Waals surface area contributed by atoms with Gasteiger partial charge in [0.15, 0.2) is 15.8 Å². The topological polar surface area (TPSA) is 76.1 Å². The highest BCUT2D eigenvalue weighted by Gasteiger charge is 2.33. The van der Waals surface area contributed by atoms with E-state index in [0.29, 0.717) is 39.6 Å². The molecule has 35 heavy (non-hydrogen) atoms. The maximum atomic E-state index is 13.1. The molecule has 1 fully saturated rings. The molecule has 0 radical (unpaired) electrons. The molecule has 0 bridgehead atoms. The van der Waals surface area contributed by atoms with Crippen molar-refractivity contribution in [3.63, 3.8) is 0 Å². The van der Waals surface area contributed by atoms with Crippen LogP contribution < -0.4 is 14.4 Å². The van der Waals surface area contributed by atoms with Crippen LogP contribution in [0.3, 0.4) is 0 Å². The summed E-state index contributed by atoms with van der Waals surface area (Å²) in [7, 11) is 0. The number of rotatable bonds is 8. The molecule has 0 spiro atoms. The lowest BCUT2D eigenvalue weighted by atomic mass is 10.1. The van der Waals surface area contributed by atoms with Crippen LogP contribution in [0.25, 0.3) is 6.08 Å². The summed E-state index contributed by atoms with van der Waals surface area (Å²) in [6, 6.07) is 19.5. The third-order valence-electron chi connectivity index (χ3n) is 5.02. The minimum atomic E-state index is -1.07. The van der Waals surface area contributed by atoms with Crippen LogP contribution in [-0.4, -0.2) is 27.9 Å². The molecule has 1 aliphatic rings. The van der Waals surface area contributed by atoms with E-state index in [4.69, 9.17) is 21.7 Å². The number of thiocarbonyl (C=S) groups is 1. The number of amides is 1. The second-order valence-corrected chi connectivity index (χ2v) is 10.0. The number of hydrogen-bond acceptors (Lipinski definition) is 6. The quantitative estimate of drug-likeness (QED) is 0.244. The zero-order valence-corrected chi connectivity index (χ0v) is 21.8. The lowest BCUT2D eigenvalue weighted by Crippen LogP contribution is -2.27. The van der Waals surface area contributed by atoms with Gasteiger partial charge in [0.2, 0.25) is 0 Å². The van der Waals surface area contributed by atoms with Gasteiger partial charge in [0.1, 0.15) is 6.61 Å². The van der Waals surface area contributed by atoms with Crippen molar-refractivity contribution in [3.8, 4) is 11.5 Å². The highest BCUT2D eigenvalue weighted by atomic mass is 79.9. The number of thioether (sulfide) groups is 1. The van der Waals surface area contributed by atoms with E-state index in [1.165, 1.54) is 17.0 Å². The lowest BCUT2D eigenvalue weighted by molar-refractivity contribution is -0.113. The number of nitrogens with zero attached hydrogens (tertiary/aromatic N) is 1. The number of carbonyl (C=O) groups excluding carboxylic acids is 1. The second-order valence-electron chi connectivity index (χ2n) is 7.43. The molecule has 1 aliphatic heterocycles. The van der Waals surface area contributed by atoms with Gasteiger partial charge in [0, 0.05) is 4.47 Å². The molecule has 1 heterocycles. The molecule has 9 heteroatoms. The summed E-state index contributed by atoms with van der Waals surface area (Å²) >= 11 is 10.00. The molecule has 1 saturated heterocycles. The van der Waals surface area contributed by atoms with E-state index in [1.807, 2.05) is 49.4 Å². The average molecular weight is 570 g/mol. The number of carboxylic acid groups (broad SMARTS) is 1. The SMILES string of the molecule is CCOc1cc(/C=C2/SC(=S)N(c3cccc(C(=O)O)c3)C2=O)ccc1OCc1ccc(Br)cc1. The summed E-state index contributed by atoms with van der Waals surface area (Å²) in [6.45, 7) is 2.74. The molecular weight excluding hydrogens is 550 g/mol. The van der Waals surface area contributed by atoms with Crippen LogP contribution in [0.1, 0.15) is 28.4 Å². The highest BCUT2D eigenvalue weighted by molar-refractivity contribution is 9.10. The molecule has 1 N–H and O–H groups in total. The second kappa shape index (κ2) is 11.1. The zero-order valence-electron chi connectivity index (χ0n) is 18.6. The minimum Gasteiger partial charge on any atom is -0.490 e. The fourth-order valence-electron chi connectivity index (χ4n) is 3.36. The number of benzene rings is 3. The first kappa shape index (κ1) is 25.0. The Bertz CT molecular complexity index is 1320. The number of hydrogen-bond donors (Lipinski definition) is 1. The number of carboxylic acids is 1. The van der Waals surface area contributed by atoms with Gasteiger partial charge >= 0.3 is 5.97 Å². The van der Waals surface area contributed by atoms with Crippen molar-refractivity contribution < 1.29 is 24.2 Å². The molecule has 3 aromatic rings. The van der Waals surface area contributed by atoms with Gasteiger partial charge in [-0.05, 0) is 66.6 Å². The van der Waals surface area contributed by atoms with Crippen LogP contribution in [0.4, 0.5) is 5.69 Å². The van der Waals surface area contributed by atoms with E-state index in [0.717, 1.165) is 27.4 Å². The summed E-state index contributed by atoms with van der Waals surface area (Å²) in [4.78, 5) is 26.2. The van der Waals surface area contributed by atoms with E-state index >= 15 is 0 Å². The summed E-state index contributed by atoms with van der Waals surface area (Å²) in [5.74, 6) is -0.206. The van der Waals surface area contributed by atoms with Gasteiger partial charge in [0.25, 0.3) is 5.91 Å². The van der Waals surface area contributed by atoms with Crippen LogP contribution >= 0.6 is 39.9 Å². The minimum absolute atomic E-state index is 0.0839. The van der Waals surface area contributed by atoms with Crippen molar-refractivity contribution in [2.75, 3.05) is 11.5 Å². The molecule has 0 saturated carbocycles. The van der Waals surface area contributed by atoms with Crippen molar-refractivity contribution >= 4 is 67.9 Å². The van der Waals surface area contributed by atoms with Crippen LogP contribution in [0.5, 0.6) is 11.5 Å². The smallest absolute Gasteiger partial charge is 0.335 e. The summed E-state index contributed by atoms with van der Waals surface area (Å²) in [5, 5.41) is 9.26. The Kier molecular flexibility index (Phi) is 7.90. The van der Waals surface area contributed by atoms with Crippen molar-refractivity contribution in [3.05, 3.63) is 92.8 Å². The summed E-state index contributed by atoms with van der Waals surface area (Å²) in [5.41, 5.74) is 2.28. The maximum Gasteiger partial charge on any atom is 0.335 e. The largest absolute Gasteiger partial charge is 0.490 e. The fourth-order valence-corrected chi connectivity index (χ4v) is 4.93. The summed E-state index contributed by atoms with van der Waals surface area (Å²) in [6.07, 6.45) is 1.74. The Labute approximate surface area is 220 Å². The van der Waals surface area contributed by atoms with Crippen LogP contribution in [0.15, 0.2) is 76.1 Å². The predicted molar refractivity (Wildman–Crippen MR) is 145 cm³/mol. The first-order chi connectivity index (χ1) is 16.9. The number of halogens is 1. The Morgan fingerprint density at radius 1 is 1.09 bits per heavy atom. The highest BCUT2D eigenvalue weighted by Crippen LogP contribution is 2.37.